The van der Waals surface area contributed by atoms with Gasteiger partial charge < -0.3 is 0 Å². The first kappa shape index (κ1) is 64.3. The normalized spacial score (nSPS) is 11.3. The molecule has 0 saturated carbocycles. The molecule has 0 spiro atoms. The lowest BCUT2D eigenvalue weighted by Gasteiger charge is -2.12. The van der Waals surface area contributed by atoms with Gasteiger partial charge in [0.1, 0.15) is 12.7 Å². The summed E-state index contributed by atoms with van der Waals surface area (Å²) in [7, 11) is 0. The molecule has 3 aromatic heterocycles. The molecule has 18 aromatic carbocycles. The molecule has 0 fully saturated rings. The number of hydrogen-bond acceptors (Lipinski definition) is 7. The molecule has 0 aliphatic carbocycles. The molecule has 0 unspecified atom stereocenters. The van der Waals surface area contributed by atoms with Crippen molar-refractivity contribution < 1.29 is 0 Å². The van der Waals surface area contributed by atoms with Gasteiger partial charge in [0.15, 0.2) is 17.5 Å². The minimum atomic E-state index is 0.668. The van der Waals surface area contributed by atoms with E-state index in [1.165, 1.54) is 125 Å². The van der Waals surface area contributed by atoms with Gasteiger partial charge in [0.2, 0.25) is 0 Å². The van der Waals surface area contributed by atoms with Crippen LogP contribution in [0.1, 0.15) is 0 Å². The number of fused-ring (bicyclic) bond motifs is 18. The number of hydrogen-bond donors (Lipinski definition) is 0. The van der Waals surface area contributed by atoms with Gasteiger partial charge in [0.05, 0.1) is 17.1 Å². The average Bonchev–Trinajstić information content (AvgIpc) is 0.753. The number of aromatic nitrogens is 7. The molecule has 0 atom stereocenters. The van der Waals surface area contributed by atoms with E-state index in [2.05, 4.69) is 371 Å². The zero-order valence-corrected chi connectivity index (χ0v) is 58.7. The zero-order valence-electron chi connectivity index (χ0n) is 58.7. The highest BCUT2D eigenvalue weighted by Gasteiger charge is 2.17. The van der Waals surface area contributed by atoms with E-state index in [1.807, 2.05) is 36.5 Å². The van der Waals surface area contributed by atoms with Crippen molar-refractivity contribution in [2.24, 2.45) is 0 Å². The lowest BCUT2D eigenvalue weighted by atomic mass is 9.93. The zero-order chi connectivity index (χ0) is 71.7. The van der Waals surface area contributed by atoms with Crippen LogP contribution in [-0.2, 0) is 0 Å². The lowest BCUT2D eigenvalue weighted by molar-refractivity contribution is 1.07. The van der Waals surface area contributed by atoms with Crippen LogP contribution in [0.15, 0.2) is 395 Å². The minimum absolute atomic E-state index is 0.668. The Bertz CT molecular complexity index is 6230. The standard InChI is InChI=1S/2C34H22N2.C33H21N3/c1-2-9-23(10-3-1)24-11-8-12-25(19-24)33-21-34(36-22-35-33)26-17-18-31-29-15-5-4-13-27(29)28-14-6-7-16-30(28)32(31)20-26;1-2-9-23(10-3-1)24-11-8-12-25(21-24)33-19-20-35-34(36-33)26-17-18-31-29-15-5-4-13-27(29)28-14-6-7-16-30(28)32(31)22-26;1-2-9-22(10-3-1)23-11-8-12-24(19-23)32-34-21-35-33(36-32)25-17-18-30-28-15-5-4-13-26(28)27-14-6-7-16-29(27)31(30)20-25/h2*1-22H;1-21H. The Kier molecular flexibility index (Phi) is 16.8. The molecule has 504 valence electrons. The predicted molar refractivity (Wildman–Crippen MR) is 450 cm³/mol. The van der Waals surface area contributed by atoms with Gasteiger partial charge in [-0.3, -0.25) is 0 Å². The van der Waals surface area contributed by atoms with Crippen molar-refractivity contribution in [2.45, 2.75) is 0 Å². The molecule has 21 aromatic rings. The second-order valence-electron chi connectivity index (χ2n) is 27.1. The van der Waals surface area contributed by atoms with Gasteiger partial charge in [-0.2, -0.15) is 0 Å². The molecule has 108 heavy (non-hydrogen) atoms. The van der Waals surface area contributed by atoms with Crippen LogP contribution >= 0.6 is 0 Å². The van der Waals surface area contributed by atoms with E-state index in [-0.39, 0.29) is 0 Å². The molecule has 0 amide bonds. The summed E-state index contributed by atoms with van der Waals surface area (Å²) in [5, 5.41) is 22.6. The topological polar surface area (TPSA) is 90.2 Å². The van der Waals surface area contributed by atoms with Gasteiger partial charge in [-0.1, -0.05) is 328 Å². The van der Waals surface area contributed by atoms with Crippen LogP contribution in [0.2, 0.25) is 0 Å². The Morgan fingerprint density at radius 2 is 0.380 bits per heavy atom. The van der Waals surface area contributed by atoms with Crippen LogP contribution < -0.4 is 0 Å². The van der Waals surface area contributed by atoms with Crippen molar-refractivity contribution in [3.8, 4) is 101 Å². The first-order chi connectivity index (χ1) is 53.5. The third kappa shape index (κ3) is 12.3. The number of benzene rings is 18. The Morgan fingerprint density at radius 3 is 0.759 bits per heavy atom. The Balaban J connectivity index is 0.000000110. The summed E-state index contributed by atoms with van der Waals surface area (Å²) < 4.78 is 0. The van der Waals surface area contributed by atoms with Crippen molar-refractivity contribution in [1.82, 2.24) is 34.9 Å². The maximum atomic E-state index is 4.99. The monoisotopic (exact) mass is 1380 g/mol. The smallest absolute Gasteiger partial charge is 0.163 e. The molecular weight excluding hydrogens is 1310 g/mol. The SMILES string of the molecule is c1ccc(-c2cccc(-c3cc(-c4ccc5c6ccccc6c6ccccc6c5c4)ncn3)c2)cc1.c1ccc(-c2cccc(-c3ccnc(-c4ccc5c6ccccc6c6ccccc6c5c4)n3)c2)cc1.c1ccc(-c2cccc(-c3ncnc(-c4ccc5c6ccccc6c6ccccc6c5c4)n3)c2)cc1. The van der Waals surface area contributed by atoms with E-state index in [9.17, 15) is 0 Å². The largest absolute Gasteiger partial charge is 0.237 e. The summed E-state index contributed by atoms with van der Waals surface area (Å²) in [6.07, 6.45) is 5.13. The summed E-state index contributed by atoms with van der Waals surface area (Å²) in [6, 6.07) is 132. The highest BCUT2D eigenvalue weighted by atomic mass is 15.0. The molecule has 7 heteroatoms. The van der Waals surface area contributed by atoms with Crippen LogP contribution in [-0.4, -0.2) is 34.9 Å². The third-order valence-corrected chi connectivity index (χ3v) is 20.7. The maximum absolute atomic E-state index is 4.99. The van der Waals surface area contributed by atoms with Gasteiger partial charge in [-0.25, -0.2) is 34.9 Å². The maximum Gasteiger partial charge on any atom is 0.163 e. The van der Waals surface area contributed by atoms with Gasteiger partial charge in [0, 0.05) is 39.6 Å². The van der Waals surface area contributed by atoms with Crippen molar-refractivity contribution >= 4 is 97.0 Å². The quantitative estimate of drug-likeness (QED) is 0.133. The first-order valence-corrected chi connectivity index (χ1v) is 36.4. The predicted octanol–water partition coefficient (Wildman–Crippen LogP) is 26.2. The van der Waals surface area contributed by atoms with E-state index in [4.69, 9.17) is 9.97 Å². The van der Waals surface area contributed by atoms with Crippen molar-refractivity contribution in [3.05, 3.63) is 395 Å². The summed E-state index contributed by atoms with van der Waals surface area (Å²) in [4.78, 5) is 32.8. The highest BCUT2D eigenvalue weighted by molar-refractivity contribution is 6.28. The van der Waals surface area contributed by atoms with E-state index in [0.717, 1.165) is 61.9 Å². The van der Waals surface area contributed by atoms with E-state index in [1.54, 1.807) is 12.7 Å². The molecule has 0 N–H and O–H groups in total. The van der Waals surface area contributed by atoms with Crippen molar-refractivity contribution in [1.29, 1.82) is 0 Å². The van der Waals surface area contributed by atoms with Crippen LogP contribution in [0.5, 0.6) is 0 Å². The second kappa shape index (κ2) is 28.3. The fourth-order valence-electron chi connectivity index (χ4n) is 15.5. The minimum Gasteiger partial charge on any atom is -0.237 e. The molecule has 0 aliphatic rings. The van der Waals surface area contributed by atoms with Crippen LogP contribution in [0.3, 0.4) is 0 Å². The van der Waals surface area contributed by atoms with E-state index < -0.39 is 0 Å². The third-order valence-electron chi connectivity index (χ3n) is 20.7. The van der Waals surface area contributed by atoms with Gasteiger partial charge in [-0.15, -0.1) is 0 Å². The van der Waals surface area contributed by atoms with Crippen LogP contribution in [0.4, 0.5) is 0 Å². The van der Waals surface area contributed by atoms with Crippen LogP contribution in [0, 0.1) is 0 Å². The van der Waals surface area contributed by atoms with Gasteiger partial charge in [0.25, 0.3) is 0 Å². The second-order valence-corrected chi connectivity index (χ2v) is 27.1. The van der Waals surface area contributed by atoms with Gasteiger partial charge in [-0.05, 0) is 179 Å². The Hall–Kier alpha value is -14.5. The highest BCUT2D eigenvalue weighted by Crippen LogP contribution is 2.42. The molecule has 0 saturated heterocycles. The fourth-order valence-corrected chi connectivity index (χ4v) is 15.5. The van der Waals surface area contributed by atoms with Crippen molar-refractivity contribution in [3.63, 3.8) is 0 Å². The molecule has 21 rings (SSSR count). The lowest BCUT2D eigenvalue weighted by Crippen LogP contribution is -1.95. The van der Waals surface area contributed by atoms with Crippen molar-refractivity contribution in [2.75, 3.05) is 0 Å². The average molecular weight is 1380 g/mol. The summed E-state index contributed by atoms with van der Waals surface area (Å²) >= 11 is 0. The molecule has 0 aliphatic heterocycles. The summed E-state index contributed by atoms with van der Waals surface area (Å²) in [6.45, 7) is 0. The van der Waals surface area contributed by atoms with E-state index >= 15 is 0 Å². The van der Waals surface area contributed by atoms with Gasteiger partial charge >= 0.3 is 0 Å². The molecular formula is C101H65N7. The fraction of sp³-hybridized carbons (Fsp3) is 0. The van der Waals surface area contributed by atoms with Crippen LogP contribution in [0.25, 0.3) is 198 Å². The van der Waals surface area contributed by atoms with E-state index in [0.29, 0.717) is 11.6 Å². The Morgan fingerprint density at radius 1 is 0.130 bits per heavy atom. The first-order valence-electron chi connectivity index (χ1n) is 36.4. The summed E-state index contributed by atoms with van der Waals surface area (Å²) in [5.74, 6) is 2.07. The summed E-state index contributed by atoms with van der Waals surface area (Å²) in [5.41, 5.74) is 16.0. The number of nitrogens with zero attached hydrogens (tertiary/aromatic N) is 7. The number of rotatable bonds is 9. The Labute approximate surface area is 624 Å². The molecule has 7 nitrogen and oxygen atoms in total. The molecule has 0 bridgehead atoms. The molecule has 0 radical (unpaired) electrons. The molecule has 3 heterocycles.